The van der Waals surface area contributed by atoms with E-state index in [9.17, 15) is 4.79 Å². The first-order valence-corrected chi connectivity index (χ1v) is 9.40. The summed E-state index contributed by atoms with van der Waals surface area (Å²) in [5, 5.41) is 8.01. The molecule has 1 N–H and O–H groups in total. The third-order valence-electron chi connectivity index (χ3n) is 5.36. The van der Waals surface area contributed by atoms with Crippen LogP contribution in [0.5, 0.6) is 0 Å². The lowest BCUT2D eigenvalue weighted by atomic mass is 10.1. The van der Waals surface area contributed by atoms with Gasteiger partial charge in [0.05, 0.1) is 5.69 Å². The molecule has 2 fully saturated rings. The number of rotatable bonds is 4. The Morgan fingerprint density at radius 2 is 1.85 bits per heavy atom. The summed E-state index contributed by atoms with van der Waals surface area (Å²) in [5.41, 5.74) is 3.30. The molecule has 4 rings (SSSR count). The molecule has 1 amide bonds. The number of hydrogen-bond donors (Lipinski definition) is 1. The first-order valence-electron chi connectivity index (χ1n) is 9.40. The summed E-state index contributed by atoms with van der Waals surface area (Å²) in [4.78, 5) is 14.8. The SMILES string of the molecule is Cc1ccc(-n2nc(NC3CCN(C4CCOCC4)C3=O)cc2C)cc1. The van der Waals surface area contributed by atoms with Gasteiger partial charge in [0, 0.05) is 37.6 Å². The van der Waals surface area contributed by atoms with E-state index < -0.39 is 0 Å². The fourth-order valence-electron chi connectivity index (χ4n) is 3.87. The monoisotopic (exact) mass is 354 g/mol. The van der Waals surface area contributed by atoms with Crippen molar-refractivity contribution < 1.29 is 9.53 Å². The Morgan fingerprint density at radius 1 is 1.12 bits per heavy atom. The molecule has 0 bridgehead atoms. The van der Waals surface area contributed by atoms with Gasteiger partial charge in [0.2, 0.25) is 5.91 Å². The van der Waals surface area contributed by atoms with Gasteiger partial charge in [-0.15, -0.1) is 0 Å². The van der Waals surface area contributed by atoms with E-state index in [0.29, 0.717) is 6.04 Å². The number of hydrogen-bond acceptors (Lipinski definition) is 4. The minimum atomic E-state index is -0.182. The average molecular weight is 354 g/mol. The van der Waals surface area contributed by atoms with Crippen molar-refractivity contribution in [2.45, 2.75) is 45.2 Å². The molecule has 1 aromatic heterocycles. The number of amides is 1. The van der Waals surface area contributed by atoms with Gasteiger partial charge >= 0.3 is 0 Å². The van der Waals surface area contributed by atoms with Gasteiger partial charge in [-0.2, -0.15) is 5.10 Å². The Kier molecular flexibility index (Phi) is 4.68. The highest BCUT2D eigenvalue weighted by molar-refractivity contribution is 5.86. The number of nitrogens with one attached hydrogen (secondary N) is 1. The fourth-order valence-corrected chi connectivity index (χ4v) is 3.87. The molecular formula is C20H26N4O2. The van der Waals surface area contributed by atoms with Crippen LogP contribution in [-0.4, -0.2) is 52.4 Å². The van der Waals surface area contributed by atoms with Crippen LogP contribution in [0, 0.1) is 13.8 Å². The topological polar surface area (TPSA) is 59.4 Å². The van der Waals surface area contributed by atoms with Crippen LogP contribution in [-0.2, 0) is 9.53 Å². The maximum Gasteiger partial charge on any atom is 0.245 e. The summed E-state index contributed by atoms with van der Waals surface area (Å²) in [5.74, 6) is 0.953. The van der Waals surface area contributed by atoms with Crippen LogP contribution < -0.4 is 5.32 Å². The largest absolute Gasteiger partial charge is 0.381 e. The van der Waals surface area contributed by atoms with Crippen LogP contribution >= 0.6 is 0 Å². The van der Waals surface area contributed by atoms with Gasteiger partial charge in [-0.3, -0.25) is 4.79 Å². The molecule has 0 radical (unpaired) electrons. The maximum atomic E-state index is 12.8. The molecule has 2 aliphatic heterocycles. The highest BCUT2D eigenvalue weighted by atomic mass is 16.5. The lowest BCUT2D eigenvalue weighted by Gasteiger charge is -2.31. The Morgan fingerprint density at radius 3 is 2.58 bits per heavy atom. The van der Waals surface area contributed by atoms with Gasteiger partial charge in [-0.05, 0) is 45.2 Å². The molecule has 6 heteroatoms. The maximum absolute atomic E-state index is 12.8. The van der Waals surface area contributed by atoms with Gasteiger partial charge in [-0.1, -0.05) is 17.7 Å². The van der Waals surface area contributed by atoms with Crippen molar-refractivity contribution >= 4 is 11.7 Å². The van der Waals surface area contributed by atoms with Crippen molar-refractivity contribution in [3.05, 3.63) is 41.6 Å². The van der Waals surface area contributed by atoms with Crippen LogP contribution in [0.1, 0.15) is 30.5 Å². The summed E-state index contributed by atoms with van der Waals surface area (Å²) >= 11 is 0. The van der Waals surface area contributed by atoms with Crippen LogP contribution in [0.2, 0.25) is 0 Å². The molecule has 0 saturated carbocycles. The zero-order valence-electron chi connectivity index (χ0n) is 15.4. The van der Waals surface area contributed by atoms with Crippen LogP contribution in [0.25, 0.3) is 5.69 Å². The smallest absolute Gasteiger partial charge is 0.245 e. The lowest BCUT2D eigenvalue weighted by molar-refractivity contribution is -0.131. The molecule has 6 nitrogen and oxygen atoms in total. The second-order valence-electron chi connectivity index (χ2n) is 7.28. The zero-order valence-corrected chi connectivity index (χ0v) is 15.4. The van der Waals surface area contributed by atoms with Crippen LogP contribution in [0.15, 0.2) is 30.3 Å². The van der Waals surface area contributed by atoms with Crippen LogP contribution in [0.4, 0.5) is 5.82 Å². The summed E-state index contributed by atoms with van der Waals surface area (Å²) in [6.07, 6.45) is 2.71. The zero-order chi connectivity index (χ0) is 18.1. The highest BCUT2D eigenvalue weighted by Gasteiger charge is 2.36. The Hall–Kier alpha value is -2.34. The van der Waals surface area contributed by atoms with E-state index in [1.165, 1.54) is 5.56 Å². The predicted octanol–water partition coefficient (Wildman–Crippen LogP) is 2.68. The number of carbonyl (C=O) groups excluding carboxylic acids is 1. The summed E-state index contributed by atoms with van der Waals surface area (Å²) in [7, 11) is 0. The first-order chi connectivity index (χ1) is 12.6. The van der Waals surface area contributed by atoms with E-state index in [2.05, 4.69) is 41.6 Å². The van der Waals surface area contributed by atoms with Gasteiger partial charge in [0.25, 0.3) is 0 Å². The Bertz CT molecular complexity index is 778. The molecule has 0 aliphatic carbocycles. The first kappa shape index (κ1) is 17.1. The van der Waals surface area contributed by atoms with Gasteiger partial charge in [0.15, 0.2) is 0 Å². The molecule has 0 spiro atoms. The fraction of sp³-hybridized carbons (Fsp3) is 0.500. The van der Waals surface area contributed by atoms with E-state index >= 15 is 0 Å². The number of benzene rings is 1. The molecule has 2 saturated heterocycles. The van der Waals surface area contributed by atoms with Crippen molar-refractivity contribution in [3.8, 4) is 5.69 Å². The second kappa shape index (κ2) is 7.11. The van der Waals surface area contributed by atoms with Crippen molar-refractivity contribution in [1.29, 1.82) is 0 Å². The Labute approximate surface area is 154 Å². The minimum Gasteiger partial charge on any atom is -0.381 e. The number of aryl methyl sites for hydroxylation is 2. The second-order valence-corrected chi connectivity index (χ2v) is 7.28. The van der Waals surface area contributed by atoms with Gasteiger partial charge < -0.3 is 15.0 Å². The quantitative estimate of drug-likeness (QED) is 0.917. The molecule has 1 atom stereocenters. The third kappa shape index (κ3) is 3.33. The predicted molar refractivity (Wildman–Crippen MR) is 101 cm³/mol. The van der Waals surface area contributed by atoms with E-state index in [0.717, 1.165) is 56.2 Å². The Balaban J connectivity index is 1.45. The number of ether oxygens (including phenoxy) is 1. The molecule has 26 heavy (non-hydrogen) atoms. The summed E-state index contributed by atoms with van der Waals surface area (Å²) in [6, 6.07) is 10.4. The van der Waals surface area contributed by atoms with Crippen molar-refractivity contribution in [3.63, 3.8) is 0 Å². The third-order valence-corrected chi connectivity index (χ3v) is 5.36. The highest BCUT2D eigenvalue weighted by Crippen LogP contribution is 2.24. The minimum absolute atomic E-state index is 0.182. The molecule has 2 aromatic rings. The van der Waals surface area contributed by atoms with Crippen molar-refractivity contribution in [2.75, 3.05) is 25.1 Å². The number of carbonyl (C=O) groups is 1. The summed E-state index contributed by atoms with van der Waals surface area (Å²) < 4.78 is 7.33. The molecular weight excluding hydrogens is 328 g/mol. The molecule has 1 aromatic carbocycles. The average Bonchev–Trinajstić information content (AvgIpc) is 3.20. The van der Waals surface area contributed by atoms with E-state index in [1.54, 1.807) is 0 Å². The van der Waals surface area contributed by atoms with Crippen molar-refractivity contribution in [2.24, 2.45) is 0 Å². The van der Waals surface area contributed by atoms with Gasteiger partial charge in [-0.25, -0.2) is 4.68 Å². The summed E-state index contributed by atoms with van der Waals surface area (Å²) in [6.45, 7) is 6.43. The number of aromatic nitrogens is 2. The lowest BCUT2D eigenvalue weighted by Crippen LogP contribution is -2.43. The molecule has 1 unspecified atom stereocenters. The number of anilines is 1. The van der Waals surface area contributed by atoms with Gasteiger partial charge in [0.1, 0.15) is 11.9 Å². The number of likely N-dealkylation sites (tertiary alicyclic amines) is 1. The van der Waals surface area contributed by atoms with E-state index in [1.807, 2.05) is 22.6 Å². The number of nitrogens with zero attached hydrogens (tertiary/aromatic N) is 3. The van der Waals surface area contributed by atoms with Crippen molar-refractivity contribution in [1.82, 2.24) is 14.7 Å². The normalized spacial score (nSPS) is 21.4. The molecule has 2 aliphatic rings. The molecule has 3 heterocycles. The standard InChI is InChI=1S/C20H26N4O2/c1-14-3-5-17(6-4-14)24-15(2)13-19(22-24)21-18-7-10-23(20(18)25)16-8-11-26-12-9-16/h3-6,13,16,18H,7-12H2,1-2H3,(H,21,22). The van der Waals surface area contributed by atoms with Crippen LogP contribution in [0.3, 0.4) is 0 Å². The van der Waals surface area contributed by atoms with E-state index in [-0.39, 0.29) is 11.9 Å². The molecule has 138 valence electrons. The van der Waals surface area contributed by atoms with E-state index in [4.69, 9.17) is 4.74 Å².